The molecule has 1 aliphatic rings. The maximum Gasteiger partial charge on any atom is 0.152 e. The number of hydrogen-bond acceptors (Lipinski definition) is 1. The van der Waals surface area contributed by atoms with Crippen LogP contribution in [0.2, 0.25) is 0 Å². The van der Waals surface area contributed by atoms with Gasteiger partial charge in [0.2, 0.25) is 0 Å². The Morgan fingerprint density at radius 1 is 1.33 bits per heavy atom. The normalized spacial score (nSPS) is 25.9. The lowest BCUT2D eigenvalue weighted by atomic mass is 9.89. The molecule has 0 spiro atoms. The van der Waals surface area contributed by atoms with Gasteiger partial charge in [-0.1, -0.05) is 6.07 Å². The van der Waals surface area contributed by atoms with E-state index in [1.165, 1.54) is 6.07 Å². The largest absolute Gasteiger partial charge is 0.313 e. The summed E-state index contributed by atoms with van der Waals surface area (Å²) in [6.45, 7) is 4.42. The quantitative estimate of drug-likeness (QED) is 0.753. The van der Waals surface area contributed by atoms with Crippen molar-refractivity contribution in [2.75, 3.05) is 13.1 Å². The Morgan fingerprint density at radius 3 is 2.60 bits per heavy atom. The smallest absolute Gasteiger partial charge is 0.152 e. The van der Waals surface area contributed by atoms with Gasteiger partial charge in [-0.05, 0) is 44.0 Å². The Labute approximate surface area is 88.5 Å². The molecule has 1 atom stereocenters. The zero-order chi connectivity index (χ0) is 11.1. The van der Waals surface area contributed by atoms with Gasteiger partial charge < -0.3 is 5.32 Å². The average Bonchev–Trinajstić information content (AvgIpc) is 2.50. The van der Waals surface area contributed by atoms with E-state index < -0.39 is 11.5 Å². The molecule has 1 heterocycles. The van der Waals surface area contributed by atoms with E-state index in [2.05, 4.69) is 5.32 Å². The fourth-order valence-corrected chi connectivity index (χ4v) is 2.36. The molecule has 1 aliphatic heterocycles. The summed E-state index contributed by atoms with van der Waals surface area (Å²) < 4.78 is 28.1. The van der Waals surface area contributed by atoms with Crippen molar-refractivity contribution in [1.82, 2.24) is 5.32 Å². The van der Waals surface area contributed by atoms with Gasteiger partial charge in [0.25, 0.3) is 0 Å². The van der Waals surface area contributed by atoms with E-state index in [0.717, 1.165) is 5.56 Å². The van der Waals surface area contributed by atoms with E-state index in [-0.39, 0.29) is 12.1 Å². The molecular formula is C12H15F2N. The van der Waals surface area contributed by atoms with E-state index >= 15 is 0 Å². The lowest BCUT2D eigenvalue weighted by molar-refractivity contribution is 0.185. The van der Waals surface area contributed by atoms with Crippen molar-refractivity contribution in [3.05, 3.63) is 34.6 Å². The van der Waals surface area contributed by atoms with Gasteiger partial charge in [-0.3, -0.25) is 0 Å². The molecule has 1 fully saturated rings. The van der Waals surface area contributed by atoms with Crippen LogP contribution in [0.3, 0.4) is 0 Å². The number of nitrogens with one attached hydrogen (secondary N) is 1. The first-order chi connectivity index (χ1) is 7.03. The number of aryl methyl sites for hydroxylation is 2. The molecule has 0 aromatic heterocycles. The number of benzene rings is 1. The second kappa shape index (κ2) is 3.56. The Hall–Kier alpha value is -0.960. The number of alkyl halides is 1. The third-order valence-electron chi connectivity index (χ3n) is 2.98. The highest BCUT2D eigenvalue weighted by molar-refractivity contribution is 5.37. The Balaban J connectivity index is 2.52. The molecule has 1 saturated heterocycles. The zero-order valence-corrected chi connectivity index (χ0v) is 9.03. The van der Waals surface area contributed by atoms with E-state index in [1.807, 2.05) is 13.0 Å². The first kappa shape index (κ1) is 10.6. The second-order valence-corrected chi connectivity index (χ2v) is 4.33. The summed E-state index contributed by atoms with van der Waals surface area (Å²) in [5.74, 6) is -0.418. The van der Waals surface area contributed by atoms with Crippen molar-refractivity contribution in [3.8, 4) is 0 Å². The van der Waals surface area contributed by atoms with Gasteiger partial charge >= 0.3 is 0 Å². The zero-order valence-electron chi connectivity index (χ0n) is 9.03. The topological polar surface area (TPSA) is 12.0 Å². The van der Waals surface area contributed by atoms with Crippen LogP contribution in [0.4, 0.5) is 8.78 Å². The van der Waals surface area contributed by atoms with Crippen LogP contribution in [0.25, 0.3) is 0 Å². The van der Waals surface area contributed by atoms with Crippen molar-refractivity contribution in [3.63, 3.8) is 0 Å². The summed E-state index contributed by atoms with van der Waals surface area (Å²) in [7, 11) is 0. The molecule has 1 aromatic carbocycles. The second-order valence-electron chi connectivity index (χ2n) is 4.33. The minimum atomic E-state index is -1.53. The summed E-state index contributed by atoms with van der Waals surface area (Å²) in [4.78, 5) is 0. The lowest BCUT2D eigenvalue weighted by Gasteiger charge is -2.22. The maximum absolute atomic E-state index is 14.4. The van der Waals surface area contributed by atoms with Gasteiger partial charge in [0.05, 0.1) is 0 Å². The summed E-state index contributed by atoms with van der Waals surface area (Å²) in [5, 5.41) is 2.94. The Morgan fingerprint density at radius 2 is 2.07 bits per heavy atom. The molecule has 1 aromatic rings. The van der Waals surface area contributed by atoms with Crippen LogP contribution in [0, 0.1) is 19.7 Å². The fraction of sp³-hybridized carbons (Fsp3) is 0.500. The molecular weight excluding hydrogens is 196 g/mol. The van der Waals surface area contributed by atoms with E-state index in [9.17, 15) is 8.78 Å². The molecule has 1 unspecified atom stereocenters. The van der Waals surface area contributed by atoms with Crippen LogP contribution < -0.4 is 5.32 Å². The number of hydrogen-bond donors (Lipinski definition) is 1. The van der Waals surface area contributed by atoms with Gasteiger partial charge in [0.1, 0.15) is 5.82 Å². The van der Waals surface area contributed by atoms with Crippen LogP contribution in [0.5, 0.6) is 0 Å². The van der Waals surface area contributed by atoms with Crippen molar-refractivity contribution in [1.29, 1.82) is 0 Å². The minimum Gasteiger partial charge on any atom is -0.313 e. The van der Waals surface area contributed by atoms with E-state index in [4.69, 9.17) is 0 Å². The third-order valence-corrected chi connectivity index (χ3v) is 2.98. The number of rotatable bonds is 1. The van der Waals surface area contributed by atoms with Crippen LogP contribution in [0.15, 0.2) is 12.1 Å². The summed E-state index contributed by atoms with van der Waals surface area (Å²) in [5.41, 5.74) is 0.252. The highest BCUT2D eigenvalue weighted by Crippen LogP contribution is 2.36. The predicted molar refractivity (Wildman–Crippen MR) is 56.1 cm³/mol. The highest BCUT2D eigenvalue weighted by atomic mass is 19.1. The molecule has 0 amide bonds. The average molecular weight is 211 g/mol. The van der Waals surface area contributed by atoms with Gasteiger partial charge in [-0.15, -0.1) is 0 Å². The van der Waals surface area contributed by atoms with Gasteiger partial charge in [0, 0.05) is 12.1 Å². The van der Waals surface area contributed by atoms with Crippen molar-refractivity contribution < 1.29 is 8.78 Å². The van der Waals surface area contributed by atoms with Crippen LogP contribution in [-0.4, -0.2) is 13.1 Å². The first-order valence-electron chi connectivity index (χ1n) is 5.20. The monoisotopic (exact) mass is 211 g/mol. The molecule has 2 rings (SSSR count). The summed E-state index contributed by atoms with van der Waals surface area (Å²) in [6, 6.07) is 3.24. The lowest BCUT2D eigenvalue weighted by Crippen LogP contribution is -2.25. The molecule has 82 valence electrons. The minimum absolute atomic E-state index is 0.216. The Kier molecular flexibility index (Phi) is 2.51. The van der Waals surface area contributed by atoms with Gasteiger partial charge in [0.15, 0.2) is 5.67 Å². The third kappa shape index (κ3) is 1.76. The fourth-order valence-electron chi connectivity index (χ4n) is 2.36. The molecule has 1 nitrogen and oxygen atoms in total. The molecule has 0 radical (unpaired) electrons. The van der Waals surface area contributed by atoms with Crippen LogP contribution in [-0.2, 0) is 5.67 Å². The predicted octanol–water partition coefficient (Wildman–Crippen LogP) is 2.60. The molecule has 15 heavy (non-hydrogen) atoms. The van der Waals surface area contributed by atoms with Gasteiger partial charge in [-0.25, -0.2) is 8.78 Å². The Bertz CT molecular complexity index is 358. The highest BCUT2D eigenvalue weighted by Gasteiger charge is 2.38. The van der Waals surface area contributed by atoms with Crippen molar-refractivity contribution in [2.24, 2.45) is 0 Å². The SMILES string of the molecule is Cc1cc(C)c(C2(F)CCNC2)c(F)c1. The van der Waals surface area contributed by atoms with Crippen molar-refractivity contribution in [2.45, 2.75) is 25.9 Å². The van der Waals surface area contributed by atoms with Crippen molar-refractivity contribution >= 4 is 0 Å². The maximum atomic E-state index is 14.4. The summed E-state index contributed by atoms with van der Waals surface area (Å²) >= 11 is 0. The van der Waals surface area contributed by atoms with E-state index in [1.54, 1.807) is 6.92 Å². The molecule has 0 aliphatic carbocycles. The van der Waals surface area contributed by atoms with Crippen LogP contribution in [0.1, 0.15) is 23.1 Å². The standard InChI is InChI=1S/C12H15F2N/c1-8-5-9(2)11(10(13)6-8)12(14)3-4-15-7-12/h5-6,15H,3-4,7H2,1-2H3. The van der Waals surface area contributed by atoms with Gasteiger partial charge in [-0.2, -0.15) is 0 Å². The molecule has 0 saturated carbocycles. The molecule has 1 N–H and O–H groups in total. The summed E-state index contributed by atoms with van der Waals surface area (Å²) in [6.07, 6.45) is 0.355. The first-order valence-corrected chi connectivity index (χ1v) is 5.20. The molecule has 3 heteroatoms. The van der Waals surface area contributed by atoms with E-state index in [0.29, 0.717) is 18.5 Å². The van der Waals surface area contributed by atoms with Crippen LogP contribution >= 0.6 is 0 Å². The molecule has 0 bridgehead atoms. The number of halogens is 2.